The molecular formula is C54H90NO8+. The lowest BCUT2D eigenvalue weighted by Gasteiger charge is -2.25. The lowest BCUT2D eigenvalue weighted by molar-refractivity contribution is -0.870. The van der Waals surface area contributed by atoms with E-state index in [1.165, 1.54) is 6.42 Å². The third-order valence-electron chi connectivity index (χ3n) is 9.81. The van der Waals surface area contributed by atoms with Crippen molar-refractivity contribution < 1.29 is 42.9 Å². The maximum atomic E-state index is 12.8. The number of allylic oxidation sites excluding steroid dienone is 16. The molecule has 0 fully saturated rings. The van der Waals surface area contributed by atoms with Crippen LogP contribution in [0.4, 0.5) is 0 Å². The normalized spacial score (nSPS) is 13.7. The molecule has 2 unspecified atom stereocenters. The second-order valence-electron chi connectivity index (χ2n) is 17.0. The smallest absolute Gasteiger partial charge is 0.361 e. The molecule has 2 atom stereocenters. The minimum absolute atomic E-state index is 0.176. The van der Waals surface area contributed by atoms with E-state index in [2.05, 4.69) is 111 Å². The van der Waals surface area contributed by atoms with Gasteiger partial charge in [-0.2, -0.15) is 0 Å². The zero-order chi connectivity index (χ0) is 46.3. The van der Waals surface area contributed by atoms with Crippen LogP contribution in [0.5, 0.6) is 0 Å². The zero-order valence-electron chi connectivity index (χ0n) is 40.4. The lowest BCUT2D eigenvalue weighted by Crippen LogP contribution is -2.40. The van der Waals surface area contributed by atoms with Crippen molar-refractivity contribution in [2.45, 2.75) is 180 Å². The molecule has 0 amide bonds. The average molecular weight is 881 g/mol. The Morgan fingerprint density at radius 2 is 0.905 bits per heavy atom. The fourth-order valence-corrected chi connectivity index (χ4v) is 6.05. The van der Waals surface area contributed by atoms with Gasteiger partial charge >= 0.3 is 17.9 Å². The number of nitrogens with zero attached hydrogens (tertiary/aromatic N) is 1. The summed E-state index contributed by atoms with van der Waals surface area (Å²) >= 11 is 0. The summed E-state index contributed by atoms with van der Waals surface area (Å²) in [6.45, 7) is 4.63. The van der Waals surface area contributed by atoms with E-state index in [-0.39, 0.29) is 38.6 Å². The Morgan fingerprint density at radius 1 is 0.492 bits per heavy atom. The monoisotopic (exact) mass is 881 g/mol. The molecule has 0 radical (unpaired) electrons. The summed E-state index contributed by atoms with van der Waals surface area (Å²) in [5.74, 6) is -2.06. The van der Waals surface area contributed by atoms with Crippen molar-refractivity contribution in [3.8, 4) is 0 Å². The van der Waals surface area contributed by atoms with Crippen LogP contribution < -0.4 is 0 Å². The van der Waals surface area contributed by atoms with Crippen LogP contribution in [-0.4, -0.2) is 87.4 Å². The Labute approximate surface area is 384 Å². The Balaban J connectivity index is 4.41. The van der Waals surface area contributed by atoms with Crippen molar-refractivity contribution in [1.82, 2.24) is 0 Å². The number of aliphatic carboxylic acids is 1. The van der Waals surface area contributed by atoms with Crippen LogP contribution in [0.2, 0.25) is 0 Å². The summed E-state index contributed by atoms with van der Waals surface area (Å²) in [6.07, 6.45) is 56.1. The van der Waals surface area contributed by atoms with Crippen molar-refractivity contribution in [2.24, 2.45) is 0 Å². The second kappa shape index (κ2) is 44.8. The Kier molecular flexibility index (Phi) is 42.1. The summed E-state index contributed by atoms with van der Waals surface area (Å²) in [5, 5.41) is 9.65. The molecule has 0 rings (SSSR count). The maximum Gasteiger partial charge on any atom is 0.361 e. The molecular weight excluding hydrogens is 791 g/mol. The number of unbranched alkanes of at least 4 members (excludes halogenated alkanes) is 12. The van der Waals surface area contributed by atoms with E-state index in [0.29, 0.717) is 17.4 Å². The first-order valence-electron chi connectivity index (χ1n) is 24.4. The summed E-state index contributed by atoms with van der Waals surface area (Å²) in [5.41, 5.74) is 0. The number of carbonyl (C=O) groups is 3. The molecule has 0 saturated carbocycles. The number of carbonyl (C=O) groups excluding carboxylic acids is 2. The SMILES string of the molecule is CC/C=C\C/C=C\C/C=C\C/C=C\C/C=C\C/C=C\CCCCCCCCC(=O)OC(COC(=O)CCCCCCC/C=C\C/C=C\CCC)COC(OCC[N+](C)(C)C)C(=O)O. The lowest BCUT2D eigenvalue weighted by atomic mass is 10.1. The predicted octanol–water partition coefficient (Wildman–Crippen LogP) is 13.4. The molecule has 0 aliphatic heterocycles. The highest BCUT2D eigenvalue weighted by atomic mass is 16.7. The minimum Gasteiger partial charge on any atom is -0.477 e. The molecule has 0 saturated heterocycles. The summed E-state index contributed by atoms with van der Waals surface area (Å²) in [6, 6.07) is 0. The fourth-order valence-electron chi connectivity index (χ4n) is 6.05. The van der Waals surface area contributed by atoms with Crippen LogP contribution in [0.1, 0.15) is 168 Å². The number of hydrogen-bond acceptors (Lipinski definition) is 7. The van der Waals surface area contributed by atoms with Crippen molar-refractivity contribution in [2.75, 3.05) is 47.5 Å². The molecule has 0 aromatic heterocycles. The van der Waals surface area contributed by atoms with Crippen LogP contribution >= 0.6 is 0 Å². The number of esters is 2. The van der Waals surface area contributed by atoms with E-state index in [0.717, 1.165) is 128 Å². The first kappa shape index (κ1) is 59.2. The van der Waals surface area contributed by atoms with Gasteiger partial charge in [0.25, 0.3) is 6.29 Å². The zero-order valence-corrected chi connectivity index (χ0v) is 40.4. The third-order valence-corrected chi connectivity index (χ3v) is 9.81. The molecule has 0 aliphatic rings. The number of likely N-dealkylation sites (N-methyl/N-ethyl adjacent to an activating group) is 1. The molecule has 0 heterocycles. The van der Waals surface area contributed by atoms with Gasteiger partial charge in [-0.15, -0.1) is 0 Å². The van der Waals surface area contributed by atoms with E-state index in [1.54, 1.807) is 0 Å². The van der Waals surface area contributed by atoms with Crippen molar-refractivity contribution >= 4 is 17.9 Å². The Hall–Kier alpha value is -3.79. The fraction of sp³-hybridized carbons (Fsp3) is 0.648. The topological polar surface area (TPSA) is 108 Å². The van der Waals surface area contributed by atoms with Gasteiger partial charge in [0.05, 0.1) is 34.4 Å². The largest absolute Gasteiger partial charge is 0.477 e. The molecule has 9 nitrogen and oxygen atoms in total. The first-order valence-corrected chi connectivity index (χ1v) is 24.4. The number of rotatable bonds is 43. The molecule has 0 aromatic carbocycles. The minimum atomic E-state index is -1.52. The van der Waals surface area contributed by atoms with E-state index in [4.69, 9.17) is 18.9 Å². The van der Waals surface area contributed by atoms with Crippen LogP contribution in [0.15, 0.2) is 97.2 Å². The molecule has 0 spiro atoms. The van der Waals surface area contributed by atoms with Crippen LogP contribution in [0.25, 0.3) is 0 Å². The summed E-state index contributed by atoms with van der Waals surface area (Å²) in [4.78, 5) is 37.2. The molecule has 358 valence electrons. The Morgan fingerprint density at radius 3 is 1.35 bits per heavy atom. The van der Waals surface area contributed by atoms with E-state index in [9.17, 15) is 19.5 Å². The highest BCUT2D eigenvalue weighted by molar-refractivity contribution is 5.71. The predicted molar refractivity (Wildman–Crippen MR) is 262 cm³/mol. The van der Waals surface area contributed by atoms with Crippen molar-refractivity contribution in [3.63, 3.8) is 0 Å². The van der Waals surface area contributed by atoms with Crippen molar-refractivity contribution in [1.29, 1.82) is 0 Å². The number of hydrogen-bond donors (Lipinski definition) is 1. The molecule has 0 aliphatic carbocycles. The number of carboxylic acids is 1. The molecule has 0 aromatic rings. The quantitative estimate of drug-likeness (QED) is 0.0212. The highest BCUT2D eigenvalue weighted by Gasteiger charge is 2.25. The van der Waals surface area contributed by atoms with Gasteiger partial charge in [0.15, 0.2) is 6.10 Å². The molecule has 1 N–H and O–H groups in total. The van der Waals surface area contributed by atoms with E-state index < -0.39 is 24.3 Å². The third kappa shape index (κ3) is 46.0. The highest BCUT2D eigenvalue weighted by Crippen LogP contribution is 2.13. The van der Waals surface area contributed by atoms with E-state index >= 15 is 0 Å². The molecule has 63 heavy (non-hydrogen) atoms. The van der Waals surface area contributed by atoms with Gasteiger partial charge in [0.1, 0.15) is 13.2 Å². The first-order chi connectivity index (χ1) is 30.6. The van der Waals surface area contributed by atoms with Gasteiger partial charge in [0, 0.05) is 12.8 Å². The van der Waals surface area contributed by atoms with Crippen LogP contribution in [-0.2, 0) is 33.3 Å². The average Bonchev–Trinajstić information content (AvgIpc) is 3.24. The Bertz CT molecular complexity index is 1350. The van der Waals surface area contributed by atoms with Gasteiger partial charge in [0.2, 0.25) is 0 Å². The maximum absolute atomic E-state index is 12.8. The second-order valence-corrected chi connectivity index (χ2v) is 17.0. The standard InChI is InChI=1S/C54H89NO8/c1-6-8-10-12-14-16-18-20-21-22-23-24-25-26-27-28-29-30-31-33-35-37-39-41-43-45-52(57)63-50(49-62-54(53(58)59)60-47-46-55(3,4)5)48-61-51(56)44-42-40-38-36-34-32-19-17-15-13-11-9-7-2/h8,10-11,13-14,16-17,19-21,23-24,26-27,29-30,50,54H,6-7,9,12,15,18,22,25,28,31-49H2,1-5H3/p+1/b10-8-,13-11-,16-14-,19-17-,21-20-,24-23-,27-26-,30-29-. The van der Waals surface area contributed by atoms with Gasteiger partial charge in [-0.25, -0.2) is 4.79 Å². The van der Waals surface area contributed by atoms with Crippen molar-refractivity contribution in [3.05, 3.63) is 97.2 Å². The molecule has 9 heteroatoms. The van der Waals surface area contributed by atoms with Gasteiger partial charge in [-0.05, 0) is 89.9 Å². The number of quaternary nitrogens is 1. The van der Waals surface area contributed by atoms with Crippen LogP contribution in [0.3, 0.4) is 0 Å². The van der Waals surface area contributed by atoms with E-state index in [1.807, 2.05) is 21.1 Å². The number of carboxylic acid groups (broad SMARTS) is 1. The van der Waals surface area contributed by atoms with Gasteiger partial charge in [-0.1, -0.05) is 162 Å². The number of ether oxygens (including phenoxy) is 4. The summed E-state index contributed by atoms with van der Waals surface area (Å²) < 4.78 is 22.7. The van der Waals surface area contributed by atoms with Crippen LogP contribution in [0, 0.1) is 0 Å². The van der Waals surface area contributed by atoms with Gasteiger partial charge in [-0.3, -0.25) is 9.59 Å². The molecule has 0 bridgehead atoms. The summed E-state index contributed by atoms with van der Waals surface area (Å²) in [7, 11) is 5.94. The van der Waals surface area contributed by atoms with Gasteiger partial charge < -0.3 is 28.5 Å².